The van der Waals surface area contributed by atoms with Gasteiger partial charge >= 0.3 is 0 Å². The van der Waals surface area contributed by atoms with Gasteiger partial charge in [0.05, 0.1) is 11.4 Å². The van der Waals surface area contributed by atoms with Crippen molar-refractivity contribution in [1.82, 2.24) is 19.2 Å². The molecule has 2 aromatic carbocycles. The first kappa shape index (κ1) is 30.4. The number of nitrogens with two attached hydrogens (primary N) is 1. The molecular weight excluding hydrogens is 613 g/mol. The minimum atomic E-state index is -0.597. The SMILES string of the molecule is NC(=O)c1sccc1NC(=O)c1ccc(C(=O)N2CCC3(CC2)CCN(C(=O)c2cccc(-c4cn5ccccc5n4)c2)CC3)cc1. The highest BCUT2D eigenvalue weighted by molar-refractivity contribution is 7.12. The number of amides is 4. The lowest BCUT2D eigenvalue weighted by Crippen LogP contribution is -2.49. The predicted octanol–water partition coefficient (Wildman–Crippen LogP) is 5.57. The first-order valence-electron chi connectivity index (χ1n) is 15.7. The van der Waals surface area contributed by atoms with Gasteiger partial charge in [0.2, 0.25) is 0 Å². The Bertz CT molecular complexity index is 1950. The Kier molecular flexibility index (Phi) is 8.07. The second-order valence-electron chi connectivity index (χ2n) is 12.3. The van der Waals surface area contributed by atoms with Crippen molar-refractivity contribution in [1.29, 1.82) is 0 Å². The number of thiophene rings is 1. The van der Waals surface area contributed by atoms with E-state index >= 15 is 0 Å². The smallest absolute Gasteiger partial charge is 0.260 e. The van der Waals surface area contributed by atoms with E-state index < -0.39 is 5.91 Å². The van der Waals surface area contributed by atoms with Crippen molar-refractivity contribution < 1.29 is 19.2 Å². The summed E-state index contributed by atoms with van der Waals surface area (Å²) in [6, 6.07) is 21.8. The molecule has 47 heavy (non-hydrogen) atoms. The highest BCUT2D eigenvalue weighted by Gasteiger charge is 2.39. The van der Waals surface area contributed by atoms with Gasteiger partial charge in [0.1, 0.15) is 10.5 Å². The van der Waals surface area contributed by atoms with Crippen LogP contribution in [0, 0.1) is 5.41 Å². The molecule has 238 valence electrons. The molecule has 3 aromatic heterocycles. The van der Waals surface area contributed by atoms with Crippen LogP contribution in [0.2, 0.25) is 0 Å². The largest absolute Gasteiger partial charge is 0.365 e. The molecule has 10 nitrogen and oxygen atoms in total. The average Bonchev–Trinajstić information content (AvgIpc) is 3.76. The molecule has 0 bridgehead atoms. The second-order valence-corrected chi connectivity index (χ2v) is 13.2. The normalized spacial score (nSPS) is 15.9. The van der Waals surface area contributed by atoms with Gasteiger partial charge in [-0.15, -0.1) is 11.3 Å². The summed E-state index contributed by atoms with van der Waals surface area (Å²) in [6.07, 6.45) is 7.56. The highest BCUT2D eigenvalue weighted by atomic mass is 32.1. The van der Waals surface area contributed by atoms with Crippen LogP contribution >= 0.6 is 11.3 Å². The van der Waals surface area contributed by atoms with E-state index in [9.17, 15) is 19.2 Å². The number of nitrogens with zero attached hydrogens (tertiary/aromatic N) is 4. The van der Waals surface area contributed by atoms with E-state index in [-0.39, 0.29) is 28.0 Å². The van der Waals surface area contributed by atoms with Crippen molar-refractivity contribution in [2.24, 2.45) is 11.1 Å². The van der Waals surface area contributed by atoms with Crippen molar-refractivity contribution in [2.75, 3.05) is 31.5 Å². The lowest BCUT2D eigenvalue weighted by molar-refractivity contribution is 0.0280. The number of benzene rings is 2. The summed E-state index contributed by atoms with van der Waals surface area (Å²) in [7, 11) is 0. The second kappa shape index (κ2) is 12.5. The minimum absolute atomic E-state index is 0.0406. The van der Waals surface area contributed by atoms with E-state index in [1.165, 1.54) is 11.3 Å². The van der Waals surface area contributed by atoms with Crippen LogP contribution in [0.5, 0.6) is 0 Å². The molecule has 0 aliphatic carbocycles. The molecule has 1 spiro atoms. The molecule has 2 saturated heterocycles. The van der Waals surface area contributed by atoms with Gasteiger partial charge < -0.3 is 25.3 Å². The summed E-state index contributed by atoms with van der Waals surface area (Å²) in [6.45, 7) is 2.71. The van der Waals surface area contributed by atoms with Crippen LogP contribution in [-0.2, 0) is 0 Å². The molecule has 0 atom stereocenters. The van der Waals surface area contributed by atoms with Gasteiger partial charge in [-0.1, -0.05) is 18.2 Å². The maximum absolute atomic E-state index is 13.5. The van der Waals surface area contributed by atoms with Gasteiger partial charge in [0.25, 0.3) is 23.6 Å². The maximum Gasteiger partial charge on any atom is 0.260 e. The standard InChI is InChI=1S/C36H34N6O4S/c37-32(43)31-28(11-21-47-31)39-33(44)24-7-9-25(10-8-24)34(45)40-17-12-36(13-18-40)14-19-41(20-15-36)35(46)27-5-3-4-26(22-27)29-23-42-16-2-1-6-30(42)38-29/h1-11,16,21-23H,12-15,17-20H2,(H2,37,43)(H,39,44). The Morgan fingerprint density at radius 2 is 1.43 bits per heavy atom. The first-order valence-corrected chi connectivity index (χ1v) is 16.6. The fraction of sp³-hybridized carbons (Fsp3) is 0.250. The van der Waals surface area contributed by atoms with Gasteiger partial charge in [-0.2, -0.15) is 0 Å². The number of aromatic nitrogens is 2. The number of nitrogens with one attached hydrogen (secondary N) is 1. The van der Waals surface area contributed by atoms with Crippen molar-refractivity contribution in [3.63, 3.8) is 0 Å². The third kappa shape index (κ3) is 6.14. The molecule has 11 heteroatoms. The number of hydrogen-bond donors (Lipinski definition) is 2. The summed E-state index contributed by atoms with van der Waals surface area (Å²) in [5.41, 5.74) is 10.1. The number of carbonyl (C=O) groups excluding carboxylic acids is 4. The molecule has 4 amide bonds. The Labute approximate surface area is 275 Å². The maximum atomic E-state index is 13.5. The first-order chi connectivity index (χ1) is 22.8. The summed E-state index contributed by atoms with van der Waals surface area (Å²) < 4.78 is 1.97. The van der Waals surface area contributed by atoms with Crippen LogP contribution in [0.25, 0.3) is 16.9 Å². The Balaban J connectivity index is 0.923. The number of primary amides is 1. The van der Waals surface area contributed by atoms with Gasteiger partial charge in [0, 0.05) is 60.8 Å². The highest BCUT2D eigenvalue weighted by Crippen LogP contribution is 2.42. The fourth-order valence-electron chi connectivity index (χ4n) is 6.68. The summed E-state index contributed by atoms with van der Waals surface area (Å²) in [5.74, 6) is -0.993. The monoisotopic (exact) mass is 646 g/mol. The molecule has 2 aliphatic heterocycles. The van der Waals surface area contributed by atoms with Crippen LogP contribution in [-0.4, -0.2) is 69.0 Å². The van der Waals surface area contributed by atoms with Crippen molar-refractivity contribution in [3.05, 3.63) is 112 Å². The molecule has 2 aliphatic rings. The summed E-state index contributed by atoms with van der Waals surface area (Å²) in [5, 5.41) is 4.40. The molecule has 0 radical (unpaired) electrons. The van der Waals surface area contributed by atoms with Crippen LogP contribution in [0.3, 0.4) is 0 Å². The molecule has 7 rings (SSSR count). The van der Waals surface area contributed by atoms with Gasteiger partial charge in [-0.05, 0) is 91.1 Å². The number of pyridine rings is 1. The van der Waals surface area contributed by atoms with E-state index in [1.807, 2.05) is 69.1 Å². The molecule has 2 fully saturated rings. The van der Waals surface area contributed by atoms with Crippen molar-refractivity contribution in [3.8, 4) is 11.3 Å². The van der Waals surface area contributed by atoms with Crippen LogP contribution in [0.15, 0.2) is 90.6 Å². The summed E-state index contributed by atoms with van der Waals surface area (Å²) in [4.78, 5) is 59.9. The van der Waals surface area contributed by atoms with Crippen LogP contribution in [0.1, 0.15) is 66.4 Å². The van der Waals surface area contributed by atoms with E-state index in [0.717, 1.165) is 42.6 Å². The lowest BCUT2D eigenvalue weighted by Gasteiger charge is -2.47. The predicted molar refractivity (Wildman–Crippen MR) is 181 cm³/mol. The molecule has 5 aromatic rings. The third-order valence-electron chi connectivity index (χ3n) is 9.52. The Morgan fingerprint density at radius 1 is 0.766 bits per heavy atom. The van der Waals surface area contributed by atoms with Crippen molar-refractivity contribution >= 4 is 46.3 Å². The average molecular weight is 647 g/mol. The quantitative estimate of drug-likeness (QED) is 0.249. The third-order valence-corrected chi connectivity index (χ3v) is 10.5. The van der Waals surface area contributed by atoms with E-state index in [0.29, 0.717) is 48.6 Å². The number of hydrogen-bond acceptors (Lipinski definition) is 6. The van der Waals surface area contributed by atoms with E-state index in [1.54, 1.807) is 35.7 Å². The van der Waals surface area contributed by atoms with Crippen molar-refractivity contribution in [2.45, 2.75) is 25.7 Å². The number of likely N-dealkylation sites (tertiary alicyclic amines) is 2. The fourth-order valence-corrected chi connectivity index (χ4v) is 7.38. The number of rotatable bonds is 6. The zero-order valence-corrected chi connectivity index (χ0v) is 26.5. The van der Waals surface area contributed by atoms with E-state index in [4.69, 9.17) is 10.7 Å². The molecule has 0 saturated carbocycles. The molecular formula is C36H34N6O4S. The lowest BCUT2D eigenvalue weighted by atomic mass is 9.71. The van der Waals surface area contributed by atoms with E-state index in [2.05, 4.69) is 5.32 Å². The topological polar surface area (TPSA) is 130 Å². The van der Waals surface area contributed by atoms with Crippen LogP contribution < -0.4 is 11.1 Å². The Hall–Kier alpha value is -5.29. The number of anilines is 1. The van der Waals surface area contributed by atoms with Gasteiger partial charge in [0.15, 0.2) is 0 Å². The zero-order valence-electron chi connectivity index (χ0n) is 25.7. The van der Waals surface area contributed by atoms with Gasteiger partial charge in [-0.3, -0.25) is 19.2 Å². The zero-order chi connectivity index (χ0) is 32.5. The molecule has 3 N–H and O–H groups in total. The number of imidazole rings is 1. The minimum Gasteiger partial charge on any atom is -0.365 e. The number of fused-ring (bicyclic) bond motifs is 1. The Morgan fingerprint density at radius 3 is 2.09 bits per heavy atom. The number of piperidine rings is 2. The molecule has 0 unspecified atom stereocenters. The summed E-state index contributed by atoms with van der Waals surface area (Å²) >= 11 is 1.17. The van der Waals surface area contributed by atoms with Gasteiger partial charge in [-0.25, -0.2) is 4.98 Å². The molecule has 5 heterocycles. The number of carbonyl (C=O) groups is 4. The van der Waals surface area contributed by atoms with Crippen LogP contribution in [0.4, 0.5) is 5.69 Å².